The van der Waals surface area contributed by atoms with Gasteiger partial charge < -0.3 is 10.4 Å². The zero-order valence-electron chi connectivity index (χ0n) is 8.58. The summed E-state index contributed by atoms with van der Waals surface area (Å²) in [5, 5.41) is 11.3. The number of hydrogen-bond acceptors (Lipinski definition) is 3. The molecule has 82 valence electrons. The standard InChI is InChI=1S/C9H17NO3S/c1-3-4-7(9(12)13)10-8(11)5-6-14-2/h7H,3-6H2,1-2H3,(H,10,11)(H,12,13). The Hall–Kier alpha value is -0.710. The Balaban J connectivity index is 3.90. The zero-order valence-corrected chi connectivity index (χ0v) is 9.39. The predicted molar refractivity (Wildman–Crippen MR) is 57.5 cm³/mol. The van der Waals surface area contributed by atoms with Gasteiger partial charge in [-0.25, -0.2) is 4.79 Å². The zero-order chi connectivity index (χ0) is 11.0. The van der Waals surface area contributed by atoms with E-state index in [4.69, 9.17) is 5.11 Å². The van der Waals surface area contributed by atoms with Gasteiger partial charge in [-0.15, -0.1) is 0 Å². The summed E-state index contributed by atoms with van der Waals surface area (Å²) < 4.78 is 0. The molecule has 5 heteroatoms. The van der Waals surface area contributed by atoms with Gasteiger partial charge in [0.15, 0.2) is 0 Å². The Morgan fingerprint density at radius 1 is 1.50 bits per heavy atom. The summed E-state index contributed by atoms with van der Waals surface area (Å²) in [5.74, 6) is -0.408. The number of hydrogen-bond donors (Lipinski definition) is 2. The molecule has 0 spiro atoms. The minimum absolute atomic E-state index is 0.180. The van der Waals surface area contributed by atoms with Gasteiger partial charge in [0.05, 0.1) is 0 Å². The summed E-state index contributed by atoms with van der Waals surface area (Å²) in [5.41, 5.74) is 0. The number of amides is 1. The molecule has 0 aliphatic heterocycles. The fourth-order valence-corrected chi connectivity index (χ4v) is 1.40. The van der Waals surface area contributed by atoms with Crippen LogP contribution in [0.15, 0.2) is 0 Å². The van der Waals surface area contributed by atoms with E-state index in [2.05, 4.69) is 5.32 Å². The Morgan fingerprint density at radius 2 is 2.14 bits per heavy atom. The third-order valence-corrected chi connectivity index (χ3v) is 2.36. The van der Waals surface area contributed by atoms with Crippen molar-refractivity contribution in [2.75, 3.05) is 12.0 Å². The van der Waals surface area contributed by atoms with Gasteiger partial charge in [-0.05, 0) is 12.7 Å². The fourth-order valence-electron chi connectivity index (χ4n) is 1.01. The average molecular weight is 219 g/mol. The smallest absolute Gasteiger partial charge is 0.326 e. The molecule has 2 N–H and O–H groups in total. The van der Waals surface area contributed by atoms with Crippen LogP contribution in [-0.2, 0) is 9.59 Å². The topological polar surface area (TPSA) is 66.4 Å². The Kier molecular flexibility index (Phi) is 7.28. The summed E-state index contributed by atoms with van der Waals surface area (Å²) in [7, 11) is 0. The van der Waals surface area contributed by atoms with Gasteiger partial charge in [0, 0.05) is 12.2 Å². The molecule has 0 radical (unpaired) electrons. The van der Waals surface area contributed by atoms with Crippen molar-refractivity contribution in [3.8, 4) is 0 Å². The molecule has 0 saturated carbocycles. The van der Waals surface area contributed by atoms with Gasteiger partial charge in [-0.3, -0.25) is 4.79 Å². The summed E-state index contributed by atoms with van der Waals surface area (Å²) in [6, 6.07) is -0.727. The number of carbonyl (C=O) groups excluding carboxylic acids is 1. The first-order chi connectivity index (χ1) is 6.61. The fraction of sp³-hybridized carbons (Fsp3) is 0.778. The maximum atomic E-state index is 11.2. The second-order valence-electron chi connectivity index (χ2n) is 2.99. The van der Waals surface area contributed by atoms with E-state index in [-0.39, 0.29) is 5.91 Å². The minimum Gasteiger partial charge on any atom is -0.480 e. The highest BCUT2D eigenvalue weighted by molar-refractivity contribution is 7.98. The molecule has 0 bridgehead atoms. The molecule has 1 unspecified atom stereocenters. The molecule has 0 aromatic rings. The van der Waals surface area contributed by atoms with Crippen LogP contribution in [-0.4, -0.2) is 35.0 Å². The van der Waals surface area contributed by atoms with E-state index in [1.807, 2.05) is 13.2 Å². The highest BCUT2D eigenvalue weighted by Crippen LogP contribution is 1.99. The number of aliphatic carboxylic acids is 1. The van der Waals surface area contributed by atoms with Crippen molar-refractivity contribution in [2.45, 2.75) is 32.2 Å². The lowest BCUT2D eigenvalue weighted by atomic mass is 10.1. The lowest BCUT2D eigenvalue weighted by Crippen LogP contribution is -2.40. The van der Waals surface area contributed by atoms with Gasteiger partial charge in [-0.1, -0.05) is 13.3 Å². The van der Waals surface area contributed by atoms with Gasteiger partial charge in [0.1, 0.15) is 6.04 Å². The lowest BCUT2D eigenvalue weighted by molar-refractivity contribution is -0.142. The predicted octanol–water partition coefficient (Wildman–Crippen LogP) is 1.11. The molecule has 0 aromatic heterocycles. The van der Waals surface area contributed by atoms with Crippen LogP contribution in [0, 0.1) is 0 Å². The third kappa shape index (κ3) is 5.85. The van der Waals surface area contributed by atoms with E-state index in [1.165, 1.54) is 0 Å². The first-order valence-corrected chi connectivity index (χ1v) is 6.02. The molecule has 0 rings (SSSR count). The van der Waals surface area contributed by atoms with Crippen molar-refractivity contribution in [2.24, 2.45) is 0 Å². The second-order valence-corrected chi connectivity index (χ2v) is 3.98. The molecule has 0 aliphatic carbocycles. The van der Waals surface area contributed by atoms with Crippen LogP contribution in [0.1, 0.15) is 26.2 Å². The van der Waals surface area contributed by atoms with Crippen molar-refractivity contribution < 1.29 is 14.7 Å². The molecule has 0 saturated heterocycles. The van der Waals surface area contributed by atoms with Crippen molar-refractivity contribution in [1.82, 2.24) is 5.32 Å². The van der Waals surface area contributed by atoms with Gasteiger partial charge in [0.25, 0.3) is 0 Å². The van der Waals surface area contributed by atoms with E-state index in [9.17, 15) is 9.59 Å². The summed E-state index contributed by atoms with van der Waals surface area (Å²) in [4.78, 5) is 21.9. The molecule has 1 amide bonds. The van der Waals surface area contributed by atoms with E-state index < -0.39 is 12.0 Å². The third-order valence-electron chi connectivity index (χ3n) is 1.74. The Labute approximate surface area is 88.4 Å². The molecular weight excluding hydrogens is 202 g/mol. The van der Waals surface area contributed by atoms with E-state index >= 15 is 0 Å². The molecule has 0 fully saturated rings. The minimum atomic E-state index is -0.954. The molecular formula is C9H17NO3S. The largest absolute Gasteiger partial charge is 0.480 e. The number of nitrogens with one attached hydrogen (secondary N) is 1. The van der Waals surface area contributed by atoms with Crippen molar-refractivity contribution in [1.29, 1.82) is 0 Å². The number of carboxylic acid groups (broad SMARTS) is 1. The second kappa shape index (κ2) is 7.67. The number of carbonyl (C=O) groups is 2. The molecule has 0 aliphatic rings. The van der Waals surface area contributed by atoms with Gasteiger partial charge in [-0.2, -0.15) is 11.8 Å². The maximum absolute atomic E-state index is 11.2. The summed E-state index contributed by atoms with van der Waals surface area (Å²) in [6.45, 7) is 1.89. The van der Waals surface area contributed by atoms with Crippen LogP contribution < -0.4 is 5.32 Å². The van der Waals surface area contributed by atoms with Crippen LogP contribution >= 0.6 is 11.8 Å². The quantitative estimate of drug-likeness (QED) is 0.673. The van der Waals surface area contributed by atoms with Crippen LogP contribution in [0.3, 0.4) is 0 Å². The molecule has 0 heterocycles. The first-order valence-electron chi connectivity index (χ1n) is 4.63. The molecule has 14 heavy (non-hydrogen) atoms. The number of rotatable bonds is 7. The lowest BCUT2D eigenvalue weighted by Gasteiger charge is -2.12. The van der Waals surface area contributed by atoms with E-state index in [0.29, 0.717) is 12.8 Å². The van der Waals surface area contributed by atoms with Crippen LogP contribution in [0.4, 0.5) is 0 Å². The average Bonchev–Trinajstić information content (AvgIpc) is 2.14. The van der Waals surface area contributed by atoms with E-state index in [0.717, 1.165) is 12.2 Å². The van der Waals surface area contributed by atoms with Crippen molar-refractivity contribution in [3.05, 3.63) is 0 Å². The molecule has 4 nitrogen and oxygen atoms in total. The van der Waals surface area contributed by atoms with Crippen LogP contribution in [0.5, 0.6) is 0 Å². The van der Waals surface area contributed by atoms with Gasteiger partial charge in [0.2, 0.25) is 5.91 Å². The van der Waals surface area contributed by atoms with Crippen LogP contribution in [0.25, 0.3) is 0 Å². The van der Waals surface area contributed by atoms with Crippen molar-refractivity contribution >= 4 is 23.6 Å². The van der Waals surface area contributed by atoms with Gasteiger partial charge >= 0.3 is 5.97 Å². The first kappa shape index (κ1) is 13.3. The Morgan fingerprint density at radius 3 is 2.57 bits per heavy atom. The summed E-state index contributed by atoms with van der Waals surface area (Å²) in [6.07, 6.45) is 3.53. The molecule has 0 aromatic carbocycles. The number of thioether (sulfide) groups is 1. The highest BCUT2D eigenvalue weighted by atomic mass is 32.2. The van der Waals surface area contributed by atoms with Crippen molar-refractivity contribution in [3.63, 3.8) is 0 Å². The SMILES string of the molecule is CCCC(NC(=O)CCSC)C(=O)O. The summed E-state index contributed by atoms with van der Waals surface area (Å²) >= 11 is 1.57. The molecule has 1 atom stereocenters. The van der Waals surface area contributed by atoms with E-state index in [1.54, 1.807) is 11.8 Å². The normalized spacial score (nSPS) is 12.1. The monoisotopic (exact) mass is 219 g/mol. The maximum Gasteiger partial charge on any atom is 0.326 e. The highest BCUT2D eigenvalue weighted by Gasteiger charge is 2.17. The Bertz CT molecular complexity index is 196. The number of carboxylic acids is 1. The van der Waals surface area contributed by atoms with Crippen LogP contribution in [0.2, 0.25) is 0 Å².